The van der Waals surface area contributed by atoms with Crippen molar-refractivity contribution in [2.24, 2.45) is 0 Å². The van der Waals surface area contributed by atoms with E-state index in [1.807, 2.05) is 30.5 Å². The van der Waals surface area contributed by atoms with E-state index in [1.165, 1.54) is 0 Å². The molecule has 2 aromatic carbocycles. The Labute approximate surface area is 138 Å². The van der Waals surface area contributed by atoms with Crippen LogP contribution in [0.1, 0.15) is 11.6 Å². The summed E-state index contributed by atoms with van der Waals surface area (Å²) in [5.41, 5.74) is 2.47. The Morgan fingerprint density at radius 1 is 1.17 bits per heavy atom. The van der Waals surface area contributed by atoms with E-state index in [9.17, 15) is 9.90 Å². The molecule has 1 atom stereocenters. The van der Waals surface area contributed by atoms with Gasteiger partial charge < -0.3 is 20.7 Å². The number of aromatic amines is 1. The number of aliphatic hydroxyl groups excluding tert-OH is 1. The lowest BCUT2D eigenvalue weighted by atomic mass is 10.1. The molecule has 1 unspecified atom stereocenters. The standard InChI is InChI=1S/C17H16ClN3O2/c18-13-3-1-11(2-4-13)16(10-22)21-17(23)20-14-5-6-15-12(9-14)7-8-19-15/h1-9,16,19,22H,10H2,(H2,20,21,23). The van der Waals surface area contributed by atoms with Gasteiger partial charge in [-0.05, 0) is 42.0 Å². The van der Waals surface area contributed by atoms with Crippen molar-refractivity contribution in [1.29, 1.82) is 0 Å². The molecule has 2 amide bonds. The molecular weight excluding hydrogens is 314 g/mol. The fourth-order valence-electron chi connectivity index (χ4n) is 2.39. The van der Waals surface area contributed by atoms with Crippen LogP contribution >= 0.6 is 11.6 Å². The highest BCUT2D eigenvalue weighted by Gasteiger charge is 2.13. The number of carbonyl (C=O) groups excluding carboxylic acids is 1. The number of hydrogen-bond acceptors (Lipinski definition) is 2. The molecule has 118 valence electrons. The smallest absolute Gasteiger partial charge is 0.319 e. The maximum absolute atomic E-state index is 12.1. The number of aromatic nitrogens is 1. The van der Waals surface area contributed by atoms with Crippen molar-refractivity contribution in [3.8, 4) is 0 Å². The third kappa shape index (κ3) is 3.64. The number of carbonyl (C=O) groups is 1. The van der Waals surface area contributed by atoms with E-state index in [-0.39, 0.29) is 12.6 Å². The minimum Gasteiger partial charge on any atom is -0.394 e. The number of H-pyrrole nitrogens is 1. The van der Waals surface area contributed by atoms with E-state index in [1.54, 1.807) is 24.3 Å². The number of hydrogen-bond donors (Lipinski definition) is 4. The quantitative estimate of drug-likeness (QED) is 0.589. The molecule has 6 heteroatoms. The second kappa shape index (κ2) is 6.73. The Hall–Kier alpha value is -2.50. The molecule has 4 N–H and O–H groups in total. The predicted molar refractivity (Wildman–Crippen MR) is 91.7 cm³/mol. The zero-order valence-corrected chi connectivity index (χ0v) is 13.0. The van der Waals surface area contributed by atoms with Crippen molar-refractivity contribution in [2.75, 3.05) is 11.9 Å². The number of anilines is 1. The lowest BCUT2D eigenvalue weighted by Crippen LogP contribution is -2.34. The van der Waals surface area contributed by atoms with Crippen LogP contribution in [0, 0.1) is 0 Å². The van der Waals surface area contributed by atoms with Crippen molar-refractivity contribution in [2.45, 2.75) is 6.04 Å². The monoisotopic (exact) mass is 329 g/mol. The minimum absolute atomic E-state index is 0.202. The molecule has 0 aliphatic rings. The number of rotatable bonds is 4. The van der Waals surface area contributed by atoms with Crippen molar-refractivity contribution < 1.29 is 9.90 Å². The van der Waals surface area contributed by atoms with E-state index in [0.717, 1.165) is 16.5 Å². The first kappa shape index (κ1) is 15.4. The highest BCUT2D eigenvalue weighted by molar-refractivity contribution is 6.30. The normalized spacial score (nSPS) is 12.1. The van der Waals surface area contributed by atoms with Gasteiger partial charge in [0.25, 0.3) is 0 Å². The van der Waals surface area contributed by atoms with Crippen molar-refractivity contribution >= 4 is 34.2 Å². The van der Waals surface area contributed by atoms with E-state index in [2.05, 4.69) is 15.6 Å². The van der Waals surface area contributed by atoms with Crippen molar-refractivity contribution in [3.05, 3.63) is 65.3 Å². The first-order valence-corrected chi connectivity index (χ1v) is 7.54. The Morgan fingerprint density at radius 3 is 2.70 bits per heavy atom. The topological polar surface area (TPSA) is 77.2 Å². The highest BCUT2D eigenvalue weighted by Crippen LogP contribution is 2.19. The molecule has 23 heavy (non-hydrogen) atoms. The fourth-order valence-corrected chi connectivity index (χ4v) is 2.51. The van der Waals surface area contributed by atoms with Crippen LogP contribution in [0.3, 0.4) is 0 Å². The maximum Gasteiger partial charge on any atom is 0.319 e. The molecule has 0 bridgehead atoms. The summed E-state index contributed by atoms with van der Waals surface area (Å²) >= 11 is 5.85. The lowest BCUT2D eigenvalue weighted by molar-refractivity contribution is 0.225. The van der Waals surface area contributed by atoms with Crippen molar-refractivity contribution in [3.63, 3.8) is 0 Å². The molecule has 3 rings (SSSR count). The van der Waals surface area contributed by atoms with Crippen LogP contribution < -0.4 is 10.6 Å². The van der Waals surface area contributed by atoms with Crippen LogP contribution in [-0.2, 0) is 0 Å². The van der Waals surface area contributed by atoms with E-state index < -0.39 is 6.04 Å². The van der Waals surface area contributed by atoms with Gasteiger partial charge in [-0.1, -0.05) is 23.7 Å². The third-order valence-electron chi connectivity index (χ3n) is 3.57. The molecule has 0 saturated carbocycles. The zero-order chi connectivity index (χ0) is 16.2. The maximum atomic E-state index is 12.1. The van der Waals surface area contributed by atoms with Crippen LogP contribution in [0.5, 0.6) is 0 Å². The van der Waals surface area contributed by atoms with Gasteiger partial charge in [0, 0.05) is 27.8 Å². The Morgan fingerprint density at radius 2 is 1.96 bits per heavy atom. The predicted octanol–water partition coefficient (Wildman–Crippen LogP) is 3.68. The molecule has 0 aliphatic heterocycles. The number of amides is 2. The number of halogens is 1. The van der Waals surface area contributed by atoms with E-state index in [4.69, 9.17) is 11.6 Å². The van der Waals surface area contributed by atoms with Gasteiger partial charge in [-0.2, -0.15) is 0 Å². The van der Waals surface area contributed by atoms with Crippen molar-refractivity contribution in [1.82, 2.24) is 10.3 Å². The molecule has 0 spiro atoms. The third-order valence-corrected chi connectivity index (χ3v) is 3.82. The minimum atomic E-state index is -0.497. The van der Waals surface area contributed by atoms with Gasteiger partial charge in [0.1, 0.15) is 0 Å². The average molecular weight is 330 g/mol. The van der Waals surface area contributed by atoms with Gasteiger partial charge in [-0.25, -0.2) is 4.79 Å². The van der Waals surface area contributed by atoms with Crippen LogP contribution in [-0.4, -0.2) is 22.7 Å². The molecule has 1 aromatic heterocycles. The molecule has 3 aromatic rings. The fraction of sp³-hybridized carbons (Fsp3) is 0.118. The summed E-state index contributed by atoms with van der Waals surface area (Å²) < 4.78 is 0. The molecule has 0 aliphatic carbocycles. The SMILES string of the molecule is O=C(Nc1ccc2[nH]ccc2c1)NC(CO)c1ccc(Cl)cc1. The summed E-state index contributed by atoms with van der Waals surface area (Å²) in [5, 5.41) is 16.6. The number of benzene rings is 2. The van der Waals surface area contributed by atoms with Gasteiger partial charge in [0.2, 0.25) is 0 Å². The summed E-state index contributed by atoms with van der Waals surface area (Å²) in [6.45, 7) is -0.202. The Bertz CT molecular complexity index is 814. The highest BCUT2D eigenvalue weighted by atomic mass is 35.5. The summed E-state index contributed by atoms with van der Waals surface area (Å²) in [5.74, 6) is 0. The molecule has 0 radical (unpaired) electrons. The van der Waals surface area contributed by atoms with Gasteiger partial charge in [-0.3, -0.25) is 0 Å². The average Bonchev–Trinajstić information content (AvgIpc) is 3.01. The number of nitrogens with one attached hydrogen (secondary N) is 3. The van der Waals surface area contributed by atoms with Crippen LogP contribution in [0.4, 0.5) is 10.5 Å². The van der Waals surface area contributed by atoms with E-state index in [0.29, 0.717) is 10.7 Å². The summed E-state index contributed by atoms with van der Waals surface area (Å²) in [4.78, 5) is 15.2. The zero-order valence-electron chi connectivity index (χ0n) is 12.2. The largest absolute Gasteiger partial charge is 0.394 e. The first-order valence-electron chi connectivity index (χ1n) is 7.17. The van der Waals surface area contributed by atoms with Crippen LogP contribution in [0.25, 0.3) is 10.9 Å². The van der Waals surface area contributed by atoms with Crippen LogP contribution in [0.15, 0.2) is 54.7 Å². The number of fused-ring (bicyclic) bond motifs is 1. The van der Waals surface area contributed by atoms with Crippen LogP contribution in [0.2, 0.25) is 5.02 Å². The van der Waals surface area contributed by atoms with Gasteiger partial charge in [0.15, 0.2) is 0 Å². The molecule has 5 nitrogen and oxygen atoms in total. The summed E-state index contributed by atoms with van der Waals surface area (Å²) in [6.07, 6.45) is 1.84. The molecule has 0 fully saturated rings. The van der Waals surface area contributed by atoms with Gasteiger partial charge >= 0.3 is 6.03 Å². The lowest BCUT2D eigenvalue weighted by Gasteiger charge is -2.17. The number of aliphatic hydroxyl groups is 1. The second-order valence-electron chi connectivity index (χ2n) is 5.16. The Balaban J connectivity index is 1.68. The number of urea groups is 1. The first-order chi connectivity index (χ1) is 11.2. The molecular formula is C17H16ClN3O2. The van der Waals surface area contributed by atoms with Gasteiger partial charge in [-0.15, -0.1) is 0 Å². The summed E-state index contributed by atoms with van der Waals surface area (Å²) in [7, 11) is 0. The van der Waals surface area contributed by atoms with Gasteiger partial charge in [0.05, 0.1) is 12.6 Å². The second-order valence-corrected chi connectivity index (χ2v) is 5.60. The molecule has 0 saturated heterocycles. The Kier molecular flexibility index (Phi) is 4.50. The van der Waals surface area contributed by atoms with E-state index >= 15 is 0 Å². The molecule has 1 heterocycles. The summed E-state index contributed by atoms with van der Waals surface area (Å²) in [6, 6.07) is 13.6.